The molecule has 0 radical (unpaired) electrons. The smallest absolute Gasteiger partial charge is 0.171 e. The standard InChI is InChI=1S/C10H14N4/c1-10(2,3)8-6-13-7(5-14-8)9(11)12-4/h5-6,11H,4H2,1-3H3. The van der Waals surface area contributed by atoms with Crippen LogP contribution in [0.3, 0.4) is 0 Å². The van der Waals surface area contributed by atoms with E-state index in [4.69, 9.17) is 5.41 Å². The van der Waals surface area contributed by atoms with Crippen LogP contribution in [0.15, 0.2) is 17.4 Å². The third-order valence-electron chi connectivity index (χ3n) is 1.82. The molecule has 14 heavy (non-hydrogen) atoms. The van der Waals surface area contributed by atoms with Gasteiger partial charge in [0, 0.05) is 11.6 Å². The summed E-state index contributed by atoms with van der Waals surface area (Å²) in [5.74, 6) is 0.0537. The van der Waals surface area contributed by atoms with Crippen molar-refractivity contribution in [3.63, 3.8) is 0 Å². The highest BCUT2D eigenvalue weighted by Gasteiger charge is 2.15. The minimum Gasteiger partial charge on any atom is -0.281 e. The molecular weight excluding hydrogens is 176 g/mol. The Kier molecular flexibility index (Phi) is 2.74. The molecule has 4 nitrogen and oxygen atoms in total. The Hall–Kier alpha value is -1.58. The molecule has 1 heterocycles. The van der Waals surface area contributed by atoms with Crippen LogP contribution in [0.5, 0.6) is 0 Å². The maximum absolute atomic E-state index is 7.37. The molecule has 0 atom stereocenters. The van der Waals surface area contributed by atoms with Gasteiger partial charge < -0.3 is 0 Å². The van der Waals surface area contributed by atoms with Crippen LogP contribution >= 0.6 is 0 Å². The first kappa shape index (κ1) is 10.5. The molecule has 0 saturated carbocycles. The van der Waals surface area contributed by atoms with Gasteiger partial charge in [-0.15, -0.1) is 0 Å². The number of nitrogens with zero attached hydrogens (tertiary/aromatic N) is 3. The molecule has 0 aliphatic heterocycles. The van der Waals surface area contributed by atoms with E-state index < -0.39 is 0 Å². The minimum absolute atomic E-state index is 0.0185. The summed E-state index contributed by atoms with van der Waals surface area (Å²) in [7, 11) is 0. The number of hydrogen-bond acceptors (Lipinski definition) is 3. The second-order valence-corrected chi connectivity index (χ2v) is 4.04. The van der Waals surface area contributed by atoms with Crippen molar-refractivity contribution in [3.05, 3.63) is 23.8 Å². The maximum atomic E-state index is 7.37. The van der Waals surface area contributed by atoms with Gasteiger partial charge in [0.25, 0.3) is 0 Å². The van der Waals surface area contributed by atoms with Crippen LogP contribution in [0.2, 0.25) is 0 Å². The Morgan fingerprint density at radius 3 is 2.36 bits per heavy atom. The number of nitrogens with one attached hydrogen (secondary N) is 1. The third-order valence-corrected chi connectivity index (χ3v) is 1.82. The molecule has 4 heteroatoms. The molecule has 0 spiro atoms. The number of hydrogen-bond donors (Lipinski definition) is 1. The Balaban J connectivity index is 3.00. The molecule has 1 aromatic heterocycles. The molecule has 0 bridgehead atoms. The molecule has 0 fully saturated rings. The van der Waals surface area contributed by atoms with Crippen LogP contribution in [0, 0.1) is 5.41 Å². The van der Waals surface area contributed by atoms with Crippen molar-refractivity contribution in [2.75, 3.05) is 0 Å². The highest BCUT2D eigenvalue weighted by Crippen LogP contribution is 2.18. The Morgan fingerprint density at radius 1 is 1.36 bits per heavy atom. The fourth-order valence-corrected chi connectivity index (χ4v) is 0.919. The van der Waals surface area contributed by atoms with Crippen LogP contribution in [-0.4, -0.2) is 22.5 Å². The van der Waals surface area contributed by atoms with Gasteiger partial charge in [-0.3, -0.25) is 10.4 Å². The van der Waals surface area contributed by atoms with E-state index in [-0.39, 0.29) is 11.3 Å². The number of aromatic nitrogens is 2. The predicted octanol–water partition coefficient (Wildman–Crippen LogP) is 1.80. The summed E-state index contributed by atoms with van der Waals surface area (Å²) in [5.41, 5.74) is 1.33. The molecule has 1 rings (SSSR count). The normalized spacial score (nSPS) is 11.1. The largest absolute Gasteiger partial charge is 0.281 e. The van der Waals surface area contributed by atoms with Gasteiger partial charge in [0.1, 0.15) is 5.69 Å². The monoisotopic (exact) mass is 190 g/mol. The zero-order valence-corrected chi connectivity index (χ0v) is 8.70. The molecular formula is C10H14N4. The third kappa shape index (κ3) is 2.22. The van der Waals surface area contributed by atoms with Crippen molar-refractivity contribution < 1.29 is 0 Å². The van der Waals surface area contributed by atoms with Gasteiger partial charge in [0.05, 0.1) is 11.9 Å². The zero-order valence-electron chi connectivity index (χ0n) is 8.70. The van der Waals surface area contributed by atoms with Gasteiger partial charge in [-0.2, -0.15) is 0 Å². The fraction of sp³-hybridized carbons (Fsp3) is 0.400. The zero-order chi connectivity index (χ0) is 10.8. The summed E-state index contributed by atoms with van der Waals surface area (Å²) in [5, 5.41) is 7.37. The first-order valence-electron chi connectivity index (χ1n) is 4.33. The summed E-state index contributed by atoms with van der Waals surface area (Å²) in [4.78, 5) is 11.8. The molecule has 0 saturated heterocycles. The average Bonchev–Trinajstić information content (AvgIpc) is 2.15. The number of aliphatic imine (C=N–C) groups is 1. The van der Waals surface area contributed by atoms with E-state index in [1.807, 2.05) is 0 Å². The Labute approximate surface area is 83.6 Å². The van der Waals surface area contributed by atoms with Crippen molar-refractivity contribution in [2.45, 2.75) is 26.2 Å². The lowest BCUT2D eigenvalue weighted by atomic mass is 9.93. The van der Waals surface area contributed by atoms with E-state index >= 15 is 0 Å². The van der Waals surface area contributed by atoms with E-state index in [1.54, 1.807) is 12.4 Å². The van der Waals surface area contributed by atoms with E-state index in [9.17, 15) is 0 Å². The summed E-state index contributed by atoms with van der Waals surface area (Å²) in [6, 6.07) is 0. The second kappa shape index (κ2) is 3.65. The molecule has 0 aliphatic carbocycles. The van der Waals surface area contributed by atoms with Gasteiger partial charge in [-0.1, -0.05) is 20.8 Å². The Morgan fingerprint density at radius 2 is 2.00 bits per heavy atom. The van der Waals surface area contributed by atoms with Crippen molar-refractivity contribution in [1.82, 2.24) is 9.97 Å². The average molecular weight is 190 g/mol. The second-order valence-electron chi connectivity index (χ2n) is 4.04. The van der Waals surface area contributed by atoms with E-state index in [0.717, 1.165) is 5.69 Å². The van der Waals surface area contributed by atoms with Gasteiger partial charge in [-0.05, 0) is 6.72 Å². The summed E-state index contributed by atoms with van der Waals surface area (Å²) < 4.78 is 0. The number of amidine groups is 1. The fourth-order valence-electron chi connectivity index (χ4n) is 0.919. The molecule has 0 aliphatic rings. The maximum Gasteiger partial charge on any atom is 0.171 e. The SMILES string of the molecule is C=NC(=N)c1cnc(C(C)(C)C)cn1. The summed E-state index contributed by atoms with van der Waals surface area (Å²) >= 11 is 0. The van der Waals surface area contributed by atoms with Crippen LogP contribution in [0.4, 0.5) is 0 Å². The molecule has 74 valence electrons. The molecule has 1 aromatic rings. The van der Waals surface area contributed by atoms with Gasteiger partial charge in [0.2, 0.25) is 0 Å². The lowest BCUT2D eigenvalue weighted by Gasteiger charge is -2.16. The highest BCUT2D eigenvalue weighted by atomic mass is 14.9. The highest BCUT2D eigenvalue weighted by molar-refractivity contribution is 5.96. The minimum atomic E-state index is -0.0185. The molecule has 0 aromatic carbocycles. The van der Waals surface area contributed by atoms with Crippen molar-refractivity contribution in [2.24, 2.45) is 4.99 Å². The Bertz CT molecular complexity index is 345. The van der Waals surface area contributed by atoms with Gasteiger partial charge in [0.15, 0.2) is 5.84 Å². The van der Waals surface area contributed by atoms with E-state index in [1.165, 1.54) is 0 Å². The van der Waals surface area contributed by atoms with Crippen molar-refractivity contribution in [1.29, 1.82) is 5.41 Å². The van der Waals surface area contributed by atoms with Crippen LogP contribution in [0.25, 0.3) is 0 Å². The predicted molar refractivity (Wildman–Crippen MR) is 57.1 cm³/mol. The van der Waals surface area contributed by atoms with Gasteiger partial charge in [-0.25, -0.2) is 9.98 Å². The van der Waals surface area contributed by atoms with Crippen LogP contribution in [0.1, 0.15) is 32.2 Å². The van der Waals surface area contributed by atoms with E-state index in [0.29, 0.717) is 5.69 Å². The molecule has 0 unspecified atom stereocenters. The quantitative estimate of drug-likeness (QED) is 0.542. The van der Waals surface area contributed by atoms with Crippen LogP contribution < -0.4 is 0 Å². The first-order chi connectivity index (χ1) is 6.45. The molecule has 0 amide bonds. The summed E-state index contributed by atoms with van der Waals surface area (Å²) in [6.45, 7) is 9.46. The van der Waals surface area contributed by atoms with E-state index in [2.05, 4.69) is 42.4 Å². The lowest BCUT2D eigenvalue weighted by molar-refractivity contribution is 0.565. The van der Waals surface area contributed by atoms with Crippen LogP contribution in [-0.2, 0) is 5.41 Å². The van der Waals surface area contributed by atoms with Gasteiger partial charge >= 0.3 is 0 Å². The topological polar surface area (TPSA) is 62.0 Å². The summed E-state index contributed by atoms with van der Waals surface area (Å²) in [6.07, 6.45) is 3.23. The lowest BCUT2D eigenvalue weighted by Crippen LogP contribution is -2.14. The molecule has 1 N–H and O–H groups in total. The number of rotatable bonds is 1. The van der Waals surface area contributed by atoms with Crippen molar-refractivity contribution in [3.8, 4) is 0 Å². The first-order valence-corrected chi connectivity index (χ1v) is 4.33. The van der Waals surface area contributed by atoms with Crippen molar-refractivity contribution >= 4 is 12.6 Å².